The Labute approximate surface area is 105 Å². The summed E-state index contributed by atoms with van der Waals surface area (Å²) >= 11 is 0. The van der Waals surface area contributed by atoms with Crippen molar-refractivity contribution in [1.82, 2.24) is 15.2 Å². The number of amides is 2. The molecule has 96 valence electrons. The number of nitrogens with zero attached hydrogens (tertiary/aromatic N) is 2. The normalized spacial score (nSPS) is 18.9. The number of carbonyl (C=O) groups excluding carboxylic acids is 2. The molecular formula is C12H15N3O3. The third-order valence-corrected chi connectivity index (χ3v) is 2.94. The molecule has 2 rings (SSSR count). The quantitative estimate of drug-likeness (QED) is 0.821. The second-order valence-corrected chi connectivity index (χ2v) is 4.16. The summed E-state index contributed by atoms with van der Waals surface area (Å²) in [5.74, 6) is 0.0336. The minimum atomic E-state index is -0.429. The Morgan fingerprint density at radius 3 is 3.00 bits per heavy atom. The number of aromatic nitrogens is 1. The van der Waals surface area contributed by atoms with Gasteiger partial charge in [0.15, 0.2) is 0 Å². The van der Waals surface area contributed by atoms with E-state index < -0.39 is 6.04 Å². The summed E-state index contributed by atoms with van der Waals surface area (Å²) in [6, 6.07) is 2.70. The van der Waals surface area contributed by atoms with Crippen LogP contribution in [-0.4, -0.2) is 48.4 Å². The number of nitrogens with one attached hydrogen (secondary N) is 1. The summed E-state index contributed by atoms with van der Waals surface area (Å²) in [6.07, 6.45) is 2.14. The Balaban J connectivity index is 2.05. The van der Waals surface area contributed by atoms with Gasteiger partial charge in [0.1, 0.15) is 6.04 Å². The standard InChI is InChI=1S/C12H15N3O3/c1-15-6-4-9(12(15)17)14-11(16)8-3-5-13-10(7-8)18-2/h3,5,7,9H,4,6H2,1-2H3,(H,14,16)/t9-/m0/s1. The van der Waals surface area contributed by atoms with E-state index >= 15 is 0 Å². The van der Waals surface area contributed by atoms with Crippen LogP contribution in [0.5, 0.6) is 5.88 Å². The number of methoxy groups -OCH3 is 1. The third kappa shape index (κ3) is 2.42. The molecule has 6 heteroatoms. The lowest BCUT2D eigenvalue weighted by atomic mass is 10.2. The lowest BCUT2D eigenvalue weighted by Gasteiger charge is -2.12. The molecule has 0 radical (unpaired) electrons. The van der Waals surface area contributed by atoms with E-state index in [1.54, 1.807) is 24.1 Å². The molecule has 0 aromatic carbocycles. The Bertz CT molecular complexity index is 475. The molecule has 0 aliphatic carbocycles. The molecule has 1 aromatic rings. The maximum atomic E-state index is 12.0. The van der Waals surface area contributed by atoms with Crippen LogP contribution in [0.25, 0.3) is 0 Å². The number of ether oxygens (including phenoxy) is 1. The maximum Gasteiger partial charge on any atom is 0.252 e. The van der Waals surface area contributed by atoms with Gasteiger partial charge in [-0.05, 0) is 12.5 Å². The number of rotatable bonds is 3. The smallest absolute Gasteiger partial charge is 0.252 e. The monoisotopic (exact) mass is 249 g/mol. The van der Waals surface area contributed by atoms with Gasteiger partial charge in [-0.2, -0.15) is 0 Å². The van der Waals surface area contributed by atoms with Crippen molar-refractivity contribution in [1.29, 1.82) is 0 Å². The van der Waals surface area contributed by atoms with Crippen molar-refractivity contribution in [2.45, 2.75) is 12.5 Å². The van der Waals surface area contributed by atoms with E-state index in [0.29, 0.717) is 24.4 Å². The molecule has 0 spiro atoms. The first-order valence-electron chi connectivity index (χ1n) is 5.67. The van der Waals surface area contributed by atoms with Crippen LogP contribution in [0.15, 0.2) is 18.3 Å². The molecule has 0 unspecified atom stereocenters. The molecule has 1 fully saturated rings. The van der Waals surface area contributed by atoms with Crippen LogP contribution in [0.4, 0.5) is 0 Å². The zero-order valence-electron chi connectivity index (χ0n) is 10.3. The Morgan fingerprint density at radius 2 is 2.39 bits per heavy atom. The Hall–Kier alpha value is -2.11. The first kappa shape index (κ1) is 12.3. The number of pyridine rings is 1. The second kappa shape index (κ2) is 5.03. The van der Waals surface area contributed by atoms with E-state index in [0.717, 1.165) is 0 Å². The lowest BCUT2D eigenvalue weighted by molar-refractivity contribution is -0.128. The van der Waals surface area contributed by atoms with Crippen LogP contribution < -0.4 is 10.1 Å². The van der Waals surface area contributed by atoms with Gasteiger partial charge < -0.3 is 15.0 Å². The van der Waals surface area contributed by atoms with E-state index in [2.05, 4.69) is 10.3 Å². The Morgan fingerprint density at radius 1 is 1.61 bits per heavy atom. The fraction of sp³-hybridized carbons (Fsp3) is 0.417. The molecule has 1 aliphatic rings. The molecule has 0 bridgehead atoms. The minimum Gasteiger partial charge on any atom is -0.481 e. The highest BCUT2D eigenvalue weighted by molar-refractivity contribution is 5.98. The van der Waals surface area contributed by atoms with Gasteiger partial charge in [-0.1, -0.05) is 0 Å². The largest absolute Gasteiger partial charge is 0.481 e. The number of likely N-dealkylation sites (N-methyl/N-ethyl adjacent to an activating group) is 1. The summed E-state index contributed by atoms with van der Waals surface area (Å²) < 4.78 is 4.95. The zero-order chi connectivity index (χ0) is 13.1. The molecule has 2 amide bonds. The van der Waals surface area contributed by atoms with Crippen molar-refractivity contribution in [2.24, 2.45) is 0 Å². The third-order valence-electron chi connectivity index (χ3n) is 2.94. The van der Waals surface area contributed by atoms with Gasteiger partial charge in [0.25, 0.3) is 5.91 Å². The van der Waals surface area contributed by atoms with Crippen molar-refractivity contribution in [3.8, 4) is 5.88 Å². The minimum absolute atomic E-state index is 0.0515. The molecule has 0 saturated carbocycles. The van der Waals surface area contributed by atoms with E-state index in [1.165, 1.54) is 13.3 Å². The van der Waals surface area contributed by atoms with Crippen molar-refractivity contribution >= 4 is 11.8 Å². The van der Waals surface area contributed by atoms with Crippen molar-refractivity contribution in [3.05, 3.63) is 23.9 Å². The highest BCUT2D eigenvalue weighted by atomic mass is 16.5. The van der Waals surface area contributed by atoms with Crippen LogP contribution in [0.2, 0.25) is 0 Å². The first-order chi connectivity index (χ1) is 8.61. The number of hydrogen-bond donors (Lipinski definition) is 1. The van der Waals surface area contributed by atoms with Gasteiger partial charge >= 0.3 is 0 Å². The van der Waals surface area contributed by atoms with Gasteiger partial charge in [0.05, 0.1) is 7.11 Å². The summed E-state index contributed by atoms with van der Waals surface area (Å²) in [4.78, 5) is 29.2. The van der Waals surface area contributed by atoms with E-state index in [-0.39, 0.29) is 11.8 Å². The average Bonchev–Trinajstić information content (AvgIpc) is 2.71. The number of likely N-dealkylation sites (tertiary alicyclic amines) is 1. The summed E-state index contributed by atoms with van der Waals surface area (Å²) in [6.45, 7) is 0.670. The molecule has 2 heterocycles. The van der Waals surface area contributed by atoms with Crippen molar-refractivity contribution in [2.75, 3.05) is 20.7 Å². The first-order valence-corrected chi connectivity index (χ1v) is 5.67. The van der Waals surface area contributed by atoms with Crippen LogP contribution in [-0.2, 0) is 4.79 Å². The van der Waals surface area contributed by atoms with Crippen LogP contribution in [0, 0.1) is 0 Å². The van der Waals surface area contributed by atoms with Crippen molar-refractivity contribution in [3.63, 3.8) is 0 Å². The van der Waals surface area contributed by atoms with Gasteiger partial charge in [-0.25, -0.2) is 4.98 Å². The lowest BCUT2D eigenvalue weighted by Crippen LogP contribution is -2.40. The fourth-order valence-corrected chi connectivity index (χ4v) is 1.86. The number of carbonyl (C=O) groups is 2. The molecule has 1 saturated heterocycles. The summed E-state index contributed by atoms with van der Waals surface area (Å²) in [7, 11) is 3.21. The van der Waals surface area contributed by atoms with Gasteiger partial charge in [-0.15, -0.1) is 0 Å². The second-order valence-electron chi connectivity index (χ2n) is 4.16. The van der Waals surface area contributed by atoms with E-state index in [4.69, 9.17) is 4.74 Å². The molecule has 1 atom stereocenters. The van der Waals surface area contributed by atoms with E-state index in [1.807, 2.05) is 0 Å². The summed E-state index contributed by atoms with van der Waals surface area (Å²) in [5, 5.41) is 2.71. The van der Waals surface area contributed by atoms with Crippen LogP contribution in [0.3, 0.4) is 0 Å². The van der Waals surface area contributed by atoms with Crippen molar-refractivity contribution < 1.29 is 14.3 Å². The predicted octanol–water partition coefficient (Wildman–Crippen LogP) is 0.0507. The molecule has 1 aliphatic heterocycles. The molecule has 18 heavy (non-hydrogen) atoms. The molecule has 6 nitrogen and oxygen atoms in total. The van der Waals surface area contributed by atoms with Gasteiger partial charge in [0.2, 0.25) is 11.8 Å². The summed E-state index contributed by atoms with van der Waals surface area (Å²) in [5.41, 5.74) is 0.434. The van der Waals surface area contributed by atoms with Gasteiger partial charge in [0, 0.05) is 31.4 Å². The zero-order valence-corrected chi connectivity index (χ0v) is 10.3. The topological polar surface area (TPSA) is 71.5 Å². The Kier molecular flexibility index (Phi) is 3.45. The SMILES string of the molecule is COc1cc(C(=O)N[C@H]2CCN(C)C2=O)ccn1. The highest BCUT2D eigenvalue weighted by Crippen LogP contribution is 2.12. The molecule has 1 aromatic heterocycles. The molecule has 1 N–H and O–H groups in total. The molecular weight excluding hydrogens is 234 g/mol. The fourth-order valence-electron chi connectivity index (χ4n) is 1.86. The van der Waals surface area contributed by atoms with Crippen LogP contribution in [0.1, 0.15) is 16.8 Å². The average molecular weight is 249 g/mol. The number of hydrogen-bond acceptors (Lipinski definition) is 4. The van der Waals surface area contributed by atoms with E-state index in [9.17, 15) is 9.59 Å². The maximum absolute atomic E-state index is 12.0. The predicted molar refractivity (Wildman–Crippen MR) is 64.3 cm³/mol. The van der Waals surface area contributed by atoms with Gasteiger partial charge in [-0.3, -0.25) is 9.59 Å². The highest BCUT2D eigenvalue weighted by Gasteiger charge is 2.30. The van der Waals surface area contributed by atoms with Crippen LogP contribution >= 0.6 is 0 Å².